The summed E-state index contributed by atoms with van der Waals surface area (Å²) in [6.07, 6.45) is 0.862. The van der Waals surface area contributed by atoms with Gasteiger partial charge in [-0.25, -0.2) is 0 Å². The fourth-order valence-electron chi connectivity index (χ4n) is 1.88. The molecule has 1 fully saturated rings. The zero-order valence-corrected chi connectivity index (χ0v) is 13.4. The second kappa shape index (κ2) is 7.62. The molecule has 3 unspecified atom stereocenters. The third-order valence-corrected chi connectivity index (χ3v) is 3.78. The van der Waals surface area contributed by atoms with Crippen LogP contribution in [0.25, 0.3) is 0 Å². The maximum atomic E-state index is 12.6. The molecule has 0 amide bonds. The van der Waals surface area contributed by atoms with Gasteiger partial charge in [-0.1, -0.05) is 34.6 Å². The molecule has 3 atom stereocenters. The molecule has 5 heteroatoms. The first kappa shape index (κ1) is 19.7. The average Bonchev–Trinajstić information content (AvgIpc) is 2.47. The molecule has 0 N–H and O–H groups in total. The fourth-order valence-corrected chi connectivity index (χ4v) is 1.88. The minimum Gasteiger partial charge on any atom is -0.378 e. The molecule has 0 aromatic heterocycles. The Morgan fingerprint density at radius 1 is 1.10 bits per heavy atom. The highest BCUT2D eigenvalue weighted by atomic mass is 19.3. The Hall–Kier alpha value is -0.320. The lowest BCUT2D eigenvalue weighted by Gasteiger charge is -2.21. The van der Waals surface area contributed by atoms with Crippen LogP contribution in [0.15, 0.2) is 0 Å². The van der Waals surface area contributed by atoms with Crippen molar-refractivity contribution in [2.45, 2.75) is 72.3 Å². The Balaban J connectivity index is 0.000000370. The zero-order valence-electron chi connectivity index (χ0n) is 13.4. The summed E-state index contributed by atoms with van der Waals surface area (Å²) in [5, 5.41) is 0. The van der Waals surface area contributed by atoms with Crippen molar-refractivity contribution < 1.29 is 22.3 Å². The van der Waals surface area contributed by atoms with E-state index in [-0.39, 0.29) is 0 Å². The van der Waals surface area contributed by atoms with Gasteiger partial charge in [0.2, 0.25) is 0 Å². The summed E-state index contributed by atoms with van der Waals surface area (Å²) in [5.41, 5.74) is 0. The molecular weight excluding hydrogens is 272 g/mol. The summed E-state index contributed by atoms with van der Waals surface area (Å²) in [7, 11) is 0. The number of halogens is 4. The maximum Gasteiger partial charge on any atom is 0.312 e. The van der Waals surface area contributed by atoms with E-state index in [1.165, 1.54) is 13.8 Å². The molecule has 0 spiro atoms. The predicted octanol–water partition coefficient (Wildman–Crippen LogP) is 5.39. The third-order valence-electron chi connectivity index (χ3n) is 3.78. The molecule has 1 rings (SSSR count). The summed E-state index contributed by atoms with van der Waals surface area (Å²) in [5.74, 6) is -8.75. The zero-order chi connectivity index (χ0) is 16.1. The van der Waals surface area contributed by atoms with Crippen LogP contribution >= 0.6 is 0 Å². The van der Waals surface area contributed by atoms with Gasteiger partial charge >= 0.3 is 11.8 Å². The van der Waals surface area contributed by atoms with Crippen molar-refractivity contribution in [2.24, 2.45) is 17.8 Å². The van der Waals surface area contributed by atoms with Gasteiger partial charge in [0, 0.05) is 18.9 Å². The van der Waals surface area contributed by atoms with Gasteiger partial charge in [-0.15, -0.1) is 0 Å². The largest absolute Gasteiger partial charge is 0.378 e. The van der Waals surface area contributed by atoms with Crippen molar-refractivity contribution in [3.63, 3.8) is 0 Å². The first-order valence-electron chi connectivity index (χ1n) is 7.32. The van der Waals surface area contributed by atoms with E-state index >= 15 is 0 Å². The predicted molar refractivity (Wildman–Crippen MR) is 73.4 cm³/mol. The molecule has 0 radical (unpaired) electrons. The lowest BCUT2D eigenvalue weighted by atomic mass is 9.99. The van der Waals surface area contributed by atoms with E-state index in [1.54, 1.807) is 0 Å². The summed E-state index contributed by atoms with van der Waals surface area (Å²) in [4.78, 5) is 0. The molecule has 1 saturated carbocycles. The molecule has 0 aromatic carbocycles. The summed E-state index contributed by atoms with van der Waals surface area (Å²) in [6.45, 7) is 12.1. The molecule has 1 aliphatic carbocycles. The highest BCUT2D eigenvalue weighted by Crippen LogP contribution is 2.53. The molecule has 0 aliphatic heterocycles. The van der Waals surface area contributed by atoms with Gasteiger partial charge in [0.25, 0.3) is 0 Å². The minimum atomic E-state index is -3.81. The Morgan fingerprint density at radius 3 is 1.80 bits per heavy atom. The van der Waals surface area contributed by atoms with E-state index in [1.807, 2.05) is 0 Å². The molecule has 0 bridgehead atoms. The van der Waals surface area contributed by atoms with Gasteiger partial charge in [-0.2, -0.15) is 17.6 Å². The Bertz CT molecular complexity index is 279. The summed E-state index contributed by atoms with van der Waals surface area (Å²) < 4.78 is 55.6. The molecule has 1 aliphatic rings. The Morgan fingerprint density at radius 2 is 1.60 bits per heavy atom. The van der Waals surface area contributed by atoms with E-state index < -0.39 is 30.1 Å². The van der Waals surface area contributed by atoms with Crippen LogP contribution in [0, 0.1) is 17.8 Å². The second-order valence-electron chi connectivity index (χ2n) is 6.24. The lowest BCUT2D eigenvalue weighted by molar-refractivity contribution is -0.202. The first-order valence-corrected chi connectivity index (χ1v) is 7.32. The van der Waals surface area contributed by atoms with Gasteiger partial charge in [0.05, 0.1) is 6.10 Å². The molecule has 0 heterocycles. The van der Waals surface area contributed by atoms with Crippen LogP contribution in [0.3, 0.4) is 0 Å². The van der Waals surface area contributed by atoms with Crippen molar-refractivity contribution in [1.29, 1.82) is 0 Å². The van der Waals surface area contributed by atoms with Crippen molar-refractivity contribution in [2.75, 3.05) is 6.61 Å². The Kier molecular flexibility index (Phi) is 7.50. The van der Waals surface area contributed by atoms with E-state index in [2.05, 4.69) is 27.7 Å². The smallest absolute Gasteiger partial charge is 0.312 e. The van der Waals surface area contributed by atoms with Crippen LogP contribution in [-0.2, 0) is 4.74 Å². The van der Waals surface area contributed by atoms with Crippen molar-refractivity contribution in [3.8, 4) is 0 Å². The first-order chi connectivity index (χ1) is 8.95. The second-order valence-corrected chi connectivity index (χ2v) is 6.24. The molecular formula is C15H28F4O. The summed E-state index contributed by atoms with van der Waals surface area (Å²) in [6, 6.07) is 0. The van der Waals surface area contributed by atoms with Crippen LogP contribution in [0.5, 0.6) is 0 Å². The molecule has 0 saturated heterocycles. The number of alkyl halides is 4. The topological polar surface area (TPSA) is 9.23 Å². The van der Waals surface area contributed by atoms with Crippen LogP contribution in [0.1, 0.15) is 54.4 Å². The standard InChI is InChI=1S/C8H18O.C7H10F4/c1-5-8(4)9-6-7(2)3;1-4-3-6(8,9)7(10,11)5(4)2/h7-8H,5-6H2,1-4H3;4-5H,3H2,1-2H3. The number of rotatable bonds is 4. The molecule has 20 heavy (non-hydrogen) atoms. The van der Waals surface area contributed by atoms with E-state index in [4.69, 9.17) is 4.74 Å². The van der Waals surface area contributed by atoms with Gasteiger partial charge in [-0.05, 0) is 25.2 Å². The van der Waals surface area contributed by atoms with Crippen LogP contribution < -0.4 is 0 Å². The average molecular weight is 300 g/mol. The minimum absolute atomic E-state index is 0.437. The highest BCUT2D eigenvalue weighted by molar-refractivity contribution is 4.99. The van der Waals surface area contributed by atoms with Crippen molar-refractivity contribution in [3.05, 3.63) is 0 Å². The van der Waals surface area contributed by atoms with Crippen LogP contribution in [0.2, 0.25) is 0 Å². The van der Waals surface area contributed by atoms with Gasteiger partial charge < -0.3 is 4.74 Å². The third kappa shape index (κ3) is 5.23. The van der Waals surface area contributed by atoms with E-state index in [0.717, 1.165) is 13.0 Å². The van der Waals surface area contributed by atoms with Crippen LogP contribution in [0.4, 0.5) is 17.6 Å². The molecule has 1 nitrogen and oxygen atoms in total. The number of hydrogen-bond donors (Lipinski definition) is 0. The molecule has 0 aromatic rings. The van der Waals surface area contributed by atoms with Crippen molar-refractivity contribution >= 4 is 0 Å². The lowest BCUT2D eigenvalue weighted by Crippen LogP contribution is -2.38. The number of ether oxygens (including phenoxy) is 1. The fraction of sp³-hybridized carbons (Fsp3) is 1.00. The van der Waals surface area contributed by atoms with Gasteiger partial charge in [-0.3, -0.25) is 0 Å². The Labute approximate surface area is 120 Å². The normalized spacial score (nSPS) is 28.9. The van der Waals surface area contributed by atoms with Gasteiger partial charge in [0.1, 0.15) is 0 Å². The maximum absolute atomic E-state index is 12.6. The monoisotopic (exact) mass is 300 g/mol. The van der Waals surface area contributed by atoms with E-state index in [0.29, 0.717) is 12.0 Å². The van der Waals surface area contributed by atoms with Gasteiger partial charge in [0.15, 0.2) is 0 Å². The van der Waals surface area contributed by atoms with E-state index in [9.17, 15) is 17.6 Å². The molecule has 122 valence electrons. The SMILES string of the molecule is CC1CC(F)(F)C(F)(F)C1C.CCC(C)OCC(C)C. The summed E-state index contributed by atoms with van der Waals surface area (Å²) >= 11 is 0. The highest BCUT2D eigenvalue weighted by Gasteiger charge is 2.66. The van der Waals surface area contributed by atoms with Crippen molar-refractivity contribution in [1.82, 2.24) is 0 Å². The van der Waals surface area contributed by atoms with Crippen LogP contribution in [-0.4, -0.2) is 24.6 Å². The number of hydrogen-bond acceptors (Lipinski definition) is 1. The quantitative estimate of drug-likeness (QED) is 0.632.